The molecule has 2 aromatic rings. The van der Waals surface area contributed by atoms with Crippen LogP contribution in [0.2, 0.25) is 0 Å². The van der Waals surface area contributed by atoms with E-state index in [9.17, 15) is 18.7 Å². The highest BCUT2D eigenvalue weighted by Gasteiger charge is 2.42. The second-order valence-electron chi connectivity index (χ2n) is 5.63. The van der Waals surface area contributed by atoms with Crippen molar-refractivity contribution < 1.29 is 18.7 Å². The van der Waals surface area contributed by atoms with Gasteiger partial charge < -0.3 is 10.4 Å². The fourth-order valence-electron chi connectivity index (χ4n) is 2.46. The minimum absolute atomic E-state index is 0.0238. The SMILES string of the molecule is O=C(NCC1(O)CCC(F)(F)CC1)c1nc2cnccc2s1. The van der Waals surface area contributed by atoms with Crippen LogP contribution in [0.3, 0.4) is 0 Å². The molecule has 0 saturated heterocycles. The molecule has 5 nitrogen and oxygen atoms in total. The molecule has 2 aromatic heterocycles. The zero-order chi connectivity index (χ0) is 15.8. The lowest BCUT2D eigenvalue weighted by molar-refractivity contribution is -0.101. The van der Waals surface area contributed by atoms with Gasteiger partial charge in [-0.2, -0.15) is 0 Å². The van der Waals surface area contributed by atoms with Crippen molar-refractivity contribution in [3.8, 4) is 0 Å². The molecule has 1 fully saturated rings. The number of rotatable bonds is 3. The Morgan fingerprint density at radius 1 is 1.36 bits per heavy atom. The lowest BCUT2D eigenvalue weighted by atomic mass is 9.83. The molecule has 0 spiro atoms. The highest BCUT2D eigenvalue weighted by atomic mass is 32.1. The molecule has 0 bridgehead atoms. The van der Waals surface area contributed by atoms with Crippen LogP contribution in [-0.4, -0.2) is 39.1 Å². The first kappa shape index (κ1) is 15.2. The topological polar surface area (TPSA) is 75.1 Å². The quantitative estimate of drug-likeness (QED) is 0.907. The van der Waals surface area contributed by atoms with Gasteiger partial charge in [-0.25, -0.2) is 13.8 Å². The Hall–Kier alpha value is -1.67. The van der Waals surface area contributed by atoms with Gasteiger partial charge in [-0.15, -0.1) is 11.3 Å². The predicted molar refractivity (Wildman–Crippen MR) is 78.1 cm³/mol. The summed E-state index contributed by atoms with van der Waals surface area (Å²) in [7, 11) is 0. The minimum atomic E-state index is -2.71. The maximum Gasteiger partial charge on any atom is 0.280 e. The second kappa shape index (κ2) is 5.51. The molecule has 0 unspecified atom stereocenters. The lowest BCUT2D eigenvalue weighted by Gasteiger charge is -2.35. The average molecular weight is 327 g/mol. The lowest BCUT2D eigenvalue weighted by Crippen LogP contribution is -2.47. The van der Waals surface area contributed by atoms with Gasteiger partial charge in [0.1, 0.15) is 5.52 Å². The number of hydrogen-bond donors (Lipinski definition) is 2. The Balaban J connectivity index is 1.62. The number of pyridine rings is 1. The molecule has 0 atom stereocenters. The van der Waals surface area contributed by atoms with Gasteiger partial charge in [0, 0.05) is 25.6 Å². The first-order valence-corrected chi connectivity index (χ1v) is 7.78. The highest BCUT2D eigenvalue weighted by Crippen LogP contribution is 2.38. The van der Waals surface area contributed by atoms with E-state index >= 15 is 0 Å². The van der Waals surface area contributed by atoms with E-state index in [-0.39, 0.29) is 37.2 Å². The summed E-state index contributed by atoms with van der Waals surface area (Å²) < 4.78 is 27.1. The number of carbonyl (C=O) groups is 1. The molecule has 0 aliphatic heterocycles. The maximum atomic E-state index is 13.1. The van der Waals surface area contributed by atoms with Crippen molar-refractivity contribution >= 4 is 27.5 Å². The number of thiazole rings is 1. The summed E-state index contributed by atoms with van der Waals surface area (Å²) in [4.78, 5) is 20.2. The smallest absolute Gasteiger partial charge is 0.280 e. The minimum Gasteiger partial charge on any atom is -0.388 e. The molecule has 8 heteroatoms. The van der Waals surface area contributed by atoms with Gasteiger partial charge in [-0.1, -0.05) is 0 Å². The molecular formula is C14H15F2N3O2S. The van der Waals surface area contributed by atoms with Gasteiger partial charge in [0.05, 0.1) is 16.5 Å². The number of halogens is 2. The van der Waals surface area contributed by atoms with Crippen LogP contribution in [-0.2, 0) is 0 Å². The highest BCUT2D eigenvalue weighted by molar-refractivity contribution is 7.20. The van der Waals surface area contributed by atoms with Gasteiger partial charge in [0.2, 0.25) is 5.92 Å². The average Bonchev–Trinajstić information content (AvgIpc) is 2.93. The van der Waals surface area contributed by atoms with E-state index in [1.807, 2.05) is 0 Å². The van der Waals surface area contributed by atoms with E-state index in [0.717, 1.165) is 4.70 Å². The summed E-state index contributed by atoms with van der Waals surface area (Å²) in [6.07, 6.45) is 2.43. The van der Waals surface area contributed by atoms with E-state index < -0.39 is 17.4 Å². The van der Waals surface area contributed by atoms with Crippen LogP contribution in [0.5, 0.6) is 0 Å². The van der Waals surface area contributed by atoms with Crippen LogP contribution in [0, 0.1) is 0 Å². The van der Waals surface area contributed by atoms with Gasteiger partial charge in [-0.3, -0.25) is 9.78 Å². The Morgan fingerprint density at radius 3 is 2.77 bits per heavy atom. The molecule has 22 heavy (non-hydrogen) atoms. The number of nitrogens with zero attached hydrogens (tertiary/aromatic N) is 2. The largest absolute Gasteiger partial charge is 0.388 e. The molecule has 0 radical (unpaired) electrons. The van der Waals surface area contributed by atoms with Crippen molar-refractivity contribution in [2.75, 3.05) is 6.54 Å². The first-order chi connectivity index (χ1) is 10.4. The Kier molecular flexibility index (Phi) is 3.82. The monoisotopic (exact) mass is 327 g/mol. The standard InChI is InChI=1S/C14H15F2N3O2S/c15-14(16)4-2-13(21,3-5-14)8-18-11(20)12-19-9-7-17-6-1-10(9)22-12/h1,6-7,21H,2-5,8H2,(H,18,20). The summed E-state index contributed by atoms with van der Waals surface area (Å²) in [5, 5.41) is 13.1. The molecule has 0 aromatic carbocycles. The first-order valence-electron chi connectivity index (χ1n) is 6.96. The molecule has 1 saturated carbocycles. The molecule has 1 aliphatic rings. The van der Waals surface area contributed by atoms with Gasteiger partial charge in [0.25, 0.3) is 5.91 Å². The van der Waals surface area contributed by atoms with Crippen molar-refractivity contribution in [1.82, 2.24) is 15.3 Å². The number of aliphatic hydroxyl groups is 1. The van der Waals surface area contributed by atoms with Crippen LogP contribution in [0.25, 0.3) is 10.2 Å². The van der Waals surface area contributed by atoms with Gasteiger partial charge in [0.15, 0.2) is 5.01 Å². The second-order valence-corrected chi connectivity index (χ2v) is 6.66. The number of fused-ring (bicyclic) bond motifs is 1. The molecule has 1 amide bonds. The molecule has 118 valence electrons. The summed E-state index contributed by atoms with van der Waals surface area (Å²) in [5.74, 6) is -3.12. The summed E-state index contributed by atoms with van der Waals surface area (Å²) in [5.41, 5.74) is -0.635. The number of amides is 1. The third-order valence-corrected chi connectivity index (χ3v) is 4.91. The Morgan fingerprint density at radius 2 is 2.09 bits per heavy atom. The van der Waals surface area contributed by atoms with Crippen LogP contribution in [0.4, 0.5) is 8.78 Å². The van der Waals surface area contributed by atoms with Crippen molar-refractivity contribution in [1.29, 1.82) is 0 Å². The third-order valence-electron chi connectivity index (χ3n) is 3.87. The number of alkyl halides is 2. The van der Waals surface area contributed by atoms with Gasteiger partial charge in [-0.05, 0) is 18.9 Å². The molecule has 2 N–H and O–H groups in total. The van der Waals surface area contributed by atoms with Crippen molar-refractivity contribution in [3.05, 3.63) is 23.5 Å². The molecular weight excluding hydrogens is 312 g/mol. The van der Waals surface area contributed by atoms with E-state index in [4.69, 9.17) is 0 Å². The van der Waals surface area contributed by atoms with E-state index in [1.165, 1.54) is 11.3 Å². The van der Waals surface area contributed by atoms with Crippen molar-refractivity contribution in [2.45, 2.75) is 37.2 Å². The summed E-state index contributed by atoms with van der Waals surface area (Å²) in [6.45, 7) is -0.0455. The van der Waals surface area contributed by atoms with Crippen LogP contribution >= 0.6 is 11.3 Å². The molecule has 1 aliphatic carbocycles. The Labute approximate surface area is 129 Å². The van der Waals surface area contributed by atoms with Crippen LogP contribution in [0.15, 0.2) is 18.5 Å². The zero-order valence-electron chi connectivity index (χ0n) is 11.7. The molecule has 3 rings (SSSR count). The van der Waals surface area contributed by atoms with E-state index in [0.29, 0.717) is 5.52 Å². The zero-order valence-corrected chi connectivity index (χ0v) is 12.5. The summed E-state index contributed by atoms with van der Waals surface area (Å²) >= 11 is 1.23. The fourth-order valence-corrected chi connectivity index (χ4v) is 3.30. The maximum absolute atomic E-state index is 13.1. The van der Waals surface area contributed by atoms with E-state index in [2.05, 4.69) is 15.3 Å². The van der Waals surface area contributed by atoms with Crippen LogP contribution < -0.4 is 5.32 Å². The van der Waals surface area contributed by atoms with Crippen molar-refractivity contribution in [3.63, 3.8) is 0 Å². The number of aromatic nitrogens is 2. The number of nitrogens with one attached hydrogen (secondary N) is 1. The van der Waals surface area contributed by atoms with Gasteiger partial charge >= 0.3 is 0 Å². The number of hydrogen-bond acceptors (Lipinski definition) is 5. The predicted octanol–water partition coefficient (Wildman–Crippen LogP) is 2.36. The Bertz CT molecular complexity index is 661. The van der Waals surface area contributed by atoms with Crippen molar-refractivity contribution in [2.24, 2.45) is 0 Å². The third kappa shape index (κ3) is 3.22. The normalized spacial score (nSPS) is 20.0. The number of carbonyl (C=O) groups excluding carboxylic acids is 1. The fraction of sp³-hybridized carbons (Fsp3) is 0.500. The molecule has 2 heterocycles. The van der Waals surface area contributed by atoms with Crippen LogP contribution in [0.1, 0.15) is 35.5 Å². The van der Waals surface area contributed by atoms with E-state index in [1.54, 1.807) is 18.5 Å². The summed E-state index contributed by atoms with van der Waals surface area (Å²) in [6, 6.07) is 1.76.